The quantitative estimate of drug-likeness (QED) is 0.812. The van der Waals surface area contributed by atoms with Crippen LogP contribution in [-0.4, -0.2) is 16.7 Å². The molecule has 1 fully saturated rings. The average molecular weight is 211 g/mol. The summed E-state index contributed by atoms with van der Waals surface area (Å²) in [6.45, 7) is 5.01. The molecule has 4 heteroatoms. The maximum absolute atomic E-state index is 5.91. The van der Waals surface area contributed by atoms with Gasteiger partial charge in [0, 0.05) is 12.0 Å². The van der Waals surface area contributed by atoms with Gasteiger partial charge in [-0.05, 0) is 32.1 Å². The molecule has 1 aliphatic rings. The predicted molar refractivity (Wildman–Crippen MR) is 58.4 cm³/mol. The second-order valence-corrected chi connectivity index (χ2v) is 5.64. The Morgan fingerprint density at radius 1 is 1.57 bits per heavy atom. The van der Waals surface area contributed by atoms with Gasteiger partial charge in [0.05, 0.1) is 0 Å². The zero-order chi connectivity index (χ0) is 10.2. The molecule has 14 heavy (non-hydrogen) atoms. The molecule has 0 bridgehead atoms. The number of nitrogens with zero attached hydrogens (tertiary/aromatic N) is 2. The van der Waals surface area contributed by atoms with Crippen molar-refractivity contribution in [2.75, 3.05) is 6.54 Å². The van der Waals surface area contributed by atoms with Crippen LogP contribution in [0.3, 0.4) is 0 Å². The van der Waals surface area contributed by atoms with Crippen molar-refractivity contribution >= 4 is 11.3 Å². The molecule has 0 amide bonds. The minimum absolute atomic E-state index is 0.144. The van der Waals surface area contributed by atoms with E-state index >= 15 is 0 Å². The molecule has 0 aliphatic heterocycles. The molecule has 1 saturated carbocycles. The van der Waals surface area contributed by atoms with Gasteiger partial charge in [-0.15, -0.1) is 21.5 Å². The summed E-state index contributed by atoms with van der Waals surface area (Å²) in [5, 5.41) is 10.6. The van der Waals surface area contributed by atoms with Crippen molar-refractivity contribution in [3.05, 3.63) is 10.0 Å². The van der Waals surface area contributed by atoms with E-state index in [9.17, 15) is 0 Å². The minimum atomic E-state index is 0.144. The molecule has 2 unspecified atom stereocenters. The summed E-state index contributed by atoms with van der Waals surface area (Å²) in [6.07, 6.45) is 3.63. The maximum atomic E-state index is 5.91. The second-order valence-electron chi connectivity index (χ2n) is 4.46. The van der Waals surface area contributed by atoms with Gasteiger partial charge in [0.2, 0.25) is 0 Å². The molecule has 3 nitrogen and oxygen atoms in total. The van der Waals surface area contributed by atoms with Gasteiger partial charge in [-0.3, -0.25) is 0 Å². The van der Waals surface area contributed by atoms with Crippen molar-refractivity contribution in [1.29, 1.82) is 0 Å². The van der Waals surface area contributed by atoms with Gasteiger partial charge in [0.15, 0.2) is 0 Å². The predicted octanol–water partition coefficient (Wildman–Crippen LogP) is 1.86. The lowest BCUT2D eigenvalue weighted by molar-refractivity contribution is 0.428. The van der Waals surface area contributed by atoms with Gasteiger partial charge in [0.25, 0.3) is 0 Å². The fourth-order valence-corrected chi connectivity index (χ4v) is 3.30. The van der Waals surface area contributed by atoms with Crippen molar-refractivity contribution in [3.63, 3.8) is 0 Å². The number of nitrogens with two attached hydrogens (primary N) is 1. The summed E-state index contributed by atoms with van der Waals surface area (Å²) in [4.78, 5) is 0. The lowest BCUT2D eigenvalue weighted by Crippen LogP contribution is -2.32. The van der Waals surface area contributed by atoms with E-state index in [-0.39, 0.29) is 5.41 Å². The SMILES string of the molecule is Cc1nnc(C2(CN)CCC(C)C2)s1. The third-order valence-electron chi connectivity index (χ3n) is 3.23. The normalized spacial score (nSPS) is 32.4. The molecule has 1 aromatic heterocycles. The van der Waals surface area contributed by atoms with E-state index in [4.69, 9.17) is 5.73 Å². The molecule has 0 aromatic carbocycles. The zero-order valence-electron chi connectivity index (χ0n) is 8.79. The van der Waals surface area contributed by atoms with E-state index in [0.717, 1.165) is 15.9 Å². The second kappa shape index (κ2) is 3.59. The Labute approximate surface area is 88.7 Å². The Balaban J connectivity index is 2.29. The number of aryl methyl sites for hydroxylation is 1. The summed E-state index contributed by atoms with van der Waals surface area (Å²) in [5.74, 6) is 0.780. The first kappa shape index (κ1) is 10.1. The Morgan fingerprint density at radius 2 is 2.36 bits per heavy atom. The summed E-state index contributed by atoms with van der Waals surface area (Å²) >= 11 is 1.71. The zero-order valence-corrected chi connectivity index (χ0v) is 9.60. The van der Waals surface area contributed by atoms with Crippen LogP contribution in [0.1, 0.15) is 36.2 Å². The third-order valence-corrected chi connectivity index (χ3v) is 4.31. The standard InChI is InChI=1S/C10H17N3S/c1-7-3-4-10(5-7,6-11)9-13-12-8(2)14-9/h7H,3-6,11H2,1-2H3. The van der Waals surface area contributed by atoms with Crippen LogP contribution in [0.25, 0.3) is 0 Å². The van der Waals surface area contributed by atoms with Crippen molar-refractivity contribution in [1.82, 2.24) is 10.2 Å². The van der Waals surface area contributed by atoms with Crippen LogP contribution in [0, 0.1) is 12.8 Å². The molecule has 2 atom stereocenters. The van der Waals surface area contributed by atoms with Crippen LogP contribution in [0.2, 0.25) is 0 Å². The van der Waals surface area contributed by atoms with Gasteiger partial charge in [-0.25, -0.2) is 0 Å². The summed E-state index contributed by atoms with van der Waals surface area (Å²) < 4.78 is 0. The first-order valence-corrected chi connectivity index (χ1v) is 5.98. The summed E-state index contributed by atoms with van der Waals surface area (Å²) in [7, 11) is 0. The highest BCUT2D eigenvalue weighted by Crippen LogP contribution is 2.44. The molecular formula is C10H17N3S. The van der Waals surface area contributed by atoms with Crippen LogP contribution < -0.4 is 5.73 Å². The Hall–Kier alpha value is -0.480. The Morgan fingerprint density at radius 3 is 2.79 bits per heavy atom. The smallest absolute Gasteiger partial charge is 0.124 e. The van der Waals surface area contributed by atoms with Crippen LogP contribution in [0.4, 0.5) is 0 Å². The van der Waals surface area contributed by atoms with E-state index in [1.807, 2.05) is 6.92 Å². The van der Waals surface area contributed by atoms with Gasteiger partial charge in [-0.1, -0.05) is 6.92 Å². The van der Waals surface area contributed by atoms with Crippen molar-refractivity contribution in [2.45, 2.75) is 38.5 Å². The monoisotopic (exact) mass is 211 g/mol. The molecule has 1 aliphatic carbocycles. The van der Waals surface area contributed by atoms with Crippen LogP contribution in [0.15, 0.2) is 0 Å². The number of rotatable bonds is 2. The van der Waals surface area contributed by atoms with E-state index in [1.54, 1.807) is 11.3 Å². The maximum Gasteiger partial charge on any atom is 0.124 e. The van der Waals surface area contributed by atoms with Gasteiger partial charge < -0.3 is 5.73 Å². The fourth-order valence-electron chi connectivity index (χ4n) is 2.37. The molecule has 0 radical (unpaired) electrons. The molecular weight excluding hydrogens is 194 g/mol. The van der Waals surface area contributed by atoms with Crippen molar-refractivity contribution in [2.24, 2.45) is 11.7 Å². The van der Waals surface area contributed by atoms with Gasteiger partial charge >= 0.3 is 0 Å². The molecule has 2 N–H and O–H groups in total. The van der Waals surface area contributed by atoms with Crippen molar-refractivity contribution in [3.8, 4) is 0 Å². The Kier molecular flexibility index (Phi) is 2.58. The lowest BCUT2D eigenvalue weighted by atomic mass is 9.86. The summed E-state index contributed by atoms with van der Waals surface area (Å²) in [6, 6.07) is 0. The number of hydrogen-bond acceptors (Lipinski definition) is 4. The topological polar surface area (TPSA) is 51.8 Å². The largest absolute Gasteiger partial charge is 0.329 e. The Bertz CT molecular complexity index is 323. The summed E-state index contributed by atoms with van der Waals surface area (Å²) in [5.41, 5.74) is 6.06. The number of hydrogen-bond donors (Lipinski definition) is 1. The molecule has 1 heterocycles. The molecule has 1 aromatic rings. The van der Waals surface area contributed by atoms with E-state index in [1.165, 1.54) is 19.3 Å². The van der Waals surface area contributed by atoms with Crippen molar-refractivity contribution < 1.29 is 0 Å². The molecule has 78 valence electrons. The molecule has 0 saturated heterocycles. The first-order valence-electron chi connectivity index (χ1n) is 5.17. The van der Waals surface area contributed by atoms with E-state index < -0.39 is 0 Å². The molecule has 0 spiro atoms. The van der Waals surface area contributed by atoms with E-state index in [0.29, 0.717) is 6.54 Å². The highest BCUT2D eigenvalue weighted by Gasteiger charge is 2.40. The van der Waals surface area contributed by atoms with Gasteiger partial charge in [-0.2, -0.15) is 0 Å². The first-order chi connectivity index (χ1) is 6.66. The third kappa shape index (κ3) is 1.57. The highest BCUT2D eigenvalue weighted by atomic mass is 32.1. The number of aromatic nitrogens is 2. The fraction of sp³-hybridized carbons (Fsp3) is 0.800. The lowest BCUT2D eigenvalue weighted by Gasteiger charge is -2.23. The van der Waals surface area contributed by atoms with Crippen LogP contribution in [-0.2, 0) is 5.41 Å². The highest BCUT2D eigenvalue weighted by molar-refractivity contribution is 7.11. The van der Waals surface area contributed by atoms with E-state index in [2.05, 4.69) is 17.1 Å². The average Bonchev–Trinajstić information content (AvgIpc) is 2.73. The minimum Gasteiger partial charge on any atom is -0.329 e. The molecule has 2 rings (SSSR count). The van der Waals surface area contributed by atoms with Crippen LogP contribution in [0.5, 0.6) is 0 Å². The van der Waals surface area contributed by atoms with Crippen LogP contribution >= 0.6 is 11.3 Å². The van der Waals surface area contributed by atoms with Gasteiger partial charge in [0.1, 0.15) is 10.0 Å².